The number of carboxylic acids is 1. The maximum absolute atomic E-state index is 14.2. The minimum Gasteiger partial charge on any atom is -0.508 e. The van der Waals surface area contributed by atoms with Crippen LogP contribution in [0.5, 0.6) is 11.5 Å². The van der Waals surface area contributed by atoms with E-state index in [2.05, 4.69) is 53.6 Å². The van der Waals surface area contributed by atoms with Gasteiger partial charge in [0.2, 0.25) is 53.2 Å². The van der Waals surface area contributed by atoms with Crippen molar-refractivity contribution in [3.63, 3.8) is 0 Å². The molecule has 0 saturated heterocycles. The molecule has 17 N–H and O–H groups in total. The average molecular weight is 1140 g/mol. The number of aliphatic carboxylic acids is 1. The third-order valence-electron chi connectivity index (χ3n) is 13.0. The van der Waals surface area contributed by atoms with E-state index >= 15 is 0 Å². The van der Waals surface area contributed by atoms with Crippen LogP contribution in [0.1, 0.15) is 91.7 Å². The first-order chi connectivity index (χ1) is 37.6. The standard InChI is InChI=1S/C53H79N11O15S/c1-9-28(5)44(53(79)61-39(24-42(70)71)50(76)64-45(29(6)10-2)52(78)58-33(26-65)23-40(55)68)62-41(69)25-56-51(77)43(27(3)4)63-49(75)38(22-32-13-17-35(67)18-14-32)59-46(72)30(7)57-48(74)37(21-31-11-15-34(66)16-12-31)60-47(73)36(54)19-20-80-8/h11-18,26-30,33,36-39,43-45,66-67H,9-10,19-25,54H2,1-8H3,(H2,55,68)(H,56,77)(H,57,74)(H,58,78)(H,59,72)(H,60,73)(H,61,79)(H,62,69)(H,63,75)(H,64,76)(H,70,71)/p+1/t28-,29-,30-,33-,36-,37-,38-,39-,43-,44-,45-/m0/s1. The molecule has 0 saturated carbocycles. The molecule has 0 aliphatic rings. The SMILES string of the molecule is CC[C@H](C)[C@H](NC(=O)CNC(=O)[C@@H](NC(=O)[C@H](Cc1ccc(O)cc1)NC(=O)[C@H](C)NC(=O)[C@H](Cc1ccc(O)cc1)NC(=O)[C@@H]([NH3+])CCSC)C(C)C)C(=O)N[C@@H](CC(=O)O)C(=O)N[C@H](C(=O)N[C@H](C=O)CC(N)=O)[C@@H](C)CC. The van der Waals surface area contributed by atoms with Crippen LogP contribution in [0, 0.1) is 17.8 Å². The highest BCUT2D eigenvalue weighted by molar-refractivity contribution is 7.98. The van der Waals surface area contributed by atoms with E-state index < -0.39 is 157 Å². The van der Waals surface area contributed by atoms with Crippen LogP contribution in [0.2, 0.25) is 0 Å². The van der Waals surface area contributed by atoms with Crippen LogP contribution < -0.4 is 59.3 Å². The Balaban J connectivity index is 2.29. The van der Waals surface area contributed by atoms with Crippen LogP contribution in [-0.4, -0.2) is 160 Å². The molecule has 10 amide bonds. The molecule has 0 heterocycles. The number of phenols is 2. The zero-order valence-corrected chi connectivity index (χ0v) is 47.2. The van der Waals surface area contributed by atoms with Crippen LogP contribution in [0.25, 0.3) is 0 Å². The van der Waals surface area contributed by atoms with Gasteiger partial charge in [-0.3, -0.25) is 52.7 Å². The Morgan fingerprint density at radius 2 is 1.02 bits per heavy atom. The highest BCUT2D eigenvalue weighted by Gasteiger charge is 2.36. The van der Waals surface area contributed by atoms with Gasteiger partial charge >= 0.3 is 5.97 Å². The number of quaternary nitrogens is 1. The van der Waals surface area contributed by atoms with Crippen molar-refractivity contribution < 1.29 is 78.6 Å². The van der Waals surface area contributed by atoms with Gasteiger partial charge < -0.3 is 79.4 Å². The topological polar surface area (TPSA) is 427 Å². The van der Waals surface area contributed by atoms with Gasteiger partial charge in [-0.2, -0.15) is 11.8 Å². The number of aromatic hydroxyl groups is 2. The first-order valence-corrected chi connectivity index (χ1v) is 27.6. The zero-order valence-electron chi connectivity index (χ0n) is 46.4. The van der Waals surface area contributed by atoms with E-state index in [1.54, 1.807) is 53.7 Å². The van der Waals surface area contributed by atoms with E-state index in [9.17, 15) is 72.9 Å². The molecule has 0 bridgehead atoms. The van der Waals surface area contributed by atoms with Crippen molar-refractivity contribution in [2.75, 3.05) is 18.6 Å². The zero-order chi connectivity index (χ0) is 60.4. The van der Waals surface area contributed by atoms with Gasteiger partial charge in [0.25, 0.3) is 5.91 Å². The molecule has 2 aromatic carbocycles. The van der Waals surface area contributed by atoms with Crippen molar-refractivity contribution in [3.8, 4) is 11.5 Å². The van der Waals surface area contributed by atoms with Crippen molar-refractivity contribution in [2.45, 2.75) is 148 Å². The smallest absolute Gasteiger partial charge is 0.305 e. The first-order valence-electron chi connectivity index (χ1n) is 26.2. The fourth-order valence-electron chi connectivity index (χ4n) is 7.73. The quantitative estimate of drug-likeness (QED) is 0.0319. The monoisotopic (exact) mass is 1140 g/mol. The number of hydrogen-bond acceptors (Lipinski definition) is 15. The summed E-state index contributed by atoms with van der Waals surface area (Å²) in [5, 5.41) is 52.0. The number of nitrogens with two attached hydrogens (primary N) is 1. The van der Waals surface area contributed by atoms with Crippen LogP contribution in [0.4, 0.5) is 0 Å². The summed E-state index contributed by atoms with van der Waals surface area (Å²) >= 11 is 1.52. The molecule has 0 aliphatic carbocycles. The lowest BCUT2D eigenvalue weighted by molar-refractivity contribution is -0.404. The van der Waals surface area contributed by atoms with E-state index in [4.69, 9.17) is 5.73 Å². The number of rotatable bonds is 35. The fourth-order valence-corrected chi connectivity index (χ4v) is 8.25. The lowest BCUT2D eigenvalue weighted by Crippen LogP contribution is -2.69. The highest BCUT2D eigenvalue weighted by atomic mass is 32.2. The molecule has 0 unspecified atom stereocenters. The summed E-state index contributed by atoms with van der Waals surface area (Å²) in [7, 11) is 0. The second kappa shape index (κ2) is 34.3. The Kier molecular flexibility index (Phi) is 29.2. The molecule has 80 heavy (non-hydrogen) atoms. The van der Waals surface area contributed by atoms with Gasteiger partial charge in [-0.25, -0.2) is 0 Å². The molecule has 0 aliphatic heterocycles. The molecule has 2 rings (SSSR count). The Morgan fingerprint density at radius 1 is 0.575 bits per heavy atom. The fraction of sp³-hybridized carbons (Fsp3) is 0.547. The van der Waals surface area contributed by atoms with Crippen LogP contribution >= 0.6 is 11.8 Å². The number of thioether (sulfide) groups is 1. The van der Waals surface area contributed by atoms with Crippen molar-refractivity contribution >= 4 is 83.1 Å². The Hall–Kier alpha value is -7.81. The highest BCUT2D eigenvalue weighted by Crippen LogP contribution is 2.16. The molecule has 442 valence electrons. The third kappa shape index (κ3) is 23.7. The number of hydrogen-bond donors (Lipinski definition) is 14. The Morgan fingerprint density at radius 3 is 1.49 bits per heavy atom. The van der Waals surface area contributed by atoms with E-state index in [-0.39, 0.29) is 37.0 Å². The summed E-state index contributed by atoms with van der Waals surface area (Å²) in [6.45, 7) is 10.4. The predicted molar refractivity (Wildman–Crippen MR) is 293 cm³/mol. The lowest BCUT2D eigenvalue weighted by atomic mass is 9.96. The molecular weight excluding hydrogens is 1060 g/mol. The van der Waals surface area contributed by atoms with E-state index in [0.717, 1.165) is 0 Å². The summed E-state index contributed by atoms with van der Waals surface area (Å²) in [4.78, 5) is 158. The predicted octanol–water partition coefficient (Wildman–Crippen LogP) is -2.44. The summed E-state index contributed by atoms with van der Waals surface area (Å²) in [6, 6.07) is -0.0519. The largest absolute Gasteiger partial charge is 0.508 e. The maximum atomic E-state index is 14.2. The second-order valence-corrected chi connectivity index (χ2v) is 20.9. The van der Waals surface area contributed by atoms with Crippen LogP contribution in [-0.2, 0) is 70.4 Å². The number of benzene rings is 2. The normalized spacial score (nSPS) is 15.2. The number of carbonyl (C=O) groups excluding carboxylic acids is 11. The maximum Gasteiger partial charge on any atom is 0.305 e. The molecule has 2 aromatic rings. The van der Waals surface area contributed by atoms with Crippen LogP contribution in [0.3, 0.4) is 0 Å². The van der Waals surface area contributed by atoms with Gasteiger partial charge in [0.1, 0.15) is 60.1 Å². The second-order valence-electron chi connectivity index (χ2n) is 19.9. The Labute approximate surface area is 469 Å². The number of primary amides is 1. The van der Waals surface area contributed by atoms with E-state index in [0.29, 0.717) is 29.7 Å². The molecular formula is C53H80N11O15S+. The number of nitrogens with one attached hydrogen (secondary N) is 9. The van der Waals surface area contributed by atoms with E-state index in [1.165, 1.54) is 55.1 Å². The lowest BCUT2D eigenvalue weighted by Gasteiger charge is -2.29. The van der Waals surface area contributed by atoms with Crippen molar-refractivity contribution in [1.29, 1.82) is 0 Å². The minimum absolute atomic E-state index is 0.0148. The van der Waals surface area contributed by atoms with Gasteiger partial charge in [-0.05, 0) is 72.1 Å². The number of aldehydes is 1. The van der Waals surface area contributed by atoms with Crippen molar-refractivity contribution in [2.24, 2.45) is 23.5 Å². The van der Waals surface area contributed by atoms with Gasteiger partial charge in [0.05, 0.1) is 25.4 Å². The first kappa shape index (κ1) is 68.3. The number of amides is 10. The van der Waals surface area contributed by atoms with Gasteiger partial charge in [-0.15, -0.1) is 0 Å². The van der Waals surface area contributed by atoms with E-state index in [1.807, 2.05) is 6.26 Å². The molecule has 0 fully saturated rings. The van der Waals surface area contributed by atoms with Gasteiger partial charge in [0, 0.05) is 19.3 Å². The molecule has 27 heteroatoms. The van der Waals surface area contributed by atoms with Crippen LogP contribution in [0.15, 0.2) is 48.5 Å². The summed E-state index contributed by atoms with van der Waals surface area (Å²) in [6.07, 6.45) is 1.52. The van der Waals surface area contributed by atoms with Crippen molar-refractivity contribution in [3.05, 3.63) is 59.7 Å². The summed E-state index contributed by atoms with van der Waals surface area (Å²) in [5.74, 6) is -11.3. The van der Waals surface area contributed by atoms with Crippen molar-refractivity contribution in [1.82, 2.24) is 47.9 Å². The summed E-state index contributed by atoms with van der Waals surface area (Å²) in [5.41, 5.74) is 10.1. The number of carboxylic acid groups (broad SMARTS) is 1. The number of carbonyl (C=O) groups is 12. The number of phenolic OH excluding ortho intramolecular Hbond substituents is 2. The Bertz CT molecular complexity index is 2470. The minimum atomic E-state index is -1.79. The van der Waals surface area contributed by atoms with Gasteiger partial charge in [0.15, 0.2) is 6.04 Å². The molecule has 26 nitrogen and oxygen atoms in total. The van der Waals surface area contributed by atoms with Gasteiger partial charge in [-0.1, -0.05) is 78.6 Å². The average Bonchev–Trinajstić information content (AvgIpc) is 3.40. The molecule has 0 spiro atoms. The molecule has 0 radical (unpaired) electrons. The summed E-state index contributed by atoms with van der Waals surface area (Å²) < 4.78 is 0. The third-order valence-corrected chi connectivity index (χ3v) is 13.7. The molecule has 0 aromatic heterocycles. The molecule has 11 atom stereocenters.